The van der Waals surface area contributed by atoms with Crippen molar-refractivity contribution in [3.8, 4) is 17.0 Å². The molecule has 0 saturated heterocycles. The molecule has 0 aliphatic carbocycles. The Kier molecular flexibility index (Phi) is 3.99. The molecule has 1 aliphatic rings. The van der Waals surface area contributed by atoms with Crippen LogP contribution in [0.25, 0.3) is 11.3 Å². The first kappa shape index (κ1) is 14.5. The number of thiazole rings is 1. The molecule has 0 saturated carbocycles. The van der Waals surface area contributed by atoms with Crippen molar-refractivity contribution < 1.29 is 4.74 Å². The molecule has 21 heavy (non-hydrogen) atoms. The molecule has 0 fully saturated rings. The van der Waals surface area contributed by atoms with E-state index < -0.39 is 0 Å². The van der Waals surface area contributed by atoms with Gasteiger partial charge in [-0.1, -0.05) is 15.9 Å². The van der Waals surface area contributed by atoms with Gasteiger partial charge in [0.1, 0.15) is 5.75 Å². The van der Waals surface area contributed by atoms with Crippen molar-refractivity contribution in [3.05, 3.63) is 32.6 Å². The predicted molar refractivity (Wildman–Crippen MR) is 89.5 cm³/mol. The molecule has 0 spiro atoms. The number of benzene rings is 1. The number of fused-ring (bicyclic) bond motifs is 3. The van der Waals surface area contributed by atoms with Crippen molar-refractivity contribution in [3.63, 3.8) is 0 Å². The highest BCUT2D eigenvalue weighted by Gasteiger charge is 2.22. The molecule has 0 radical (unpaired) electrons. The molecule has 2 aromatic rings. The van der Waals surface area contributed by atoms with E-state index in [2.05, 4.69) is 26.2 Å². The van der Waals surface area contributed by atoms with Crippen molar-refractivity contribution in [2.24, 2.45) is 0 Å². The first-order chi connectivity index (χ1) is 10.0. The Morgan fingerprint density at radius 1 is 1.48 bits per heavy atom. The third-order valence-electron chi connectivity index (χ3n) is 3.13. The second-order valence-corrected chi connectivity index (χ2v) is 7.20. The summed E-state index contributed by atoms with van der Waals surface area (Å²) in [7, 11) is 0. The number of aromatic nitrogens is 1. The van der Waals surface area contributed by atoms with Crippen LogP contribution in [0.5, 0.6) is 5.75 Å². The van der Waals surface area contributed by atoms with Crippen LogP contribution in [0.2, 0.25) is 0 Å². The lowest BCUT2D eigenvalue weighted by atomic mass is 10.1. The number of rotatable bonds is 2. The number of hydrogen-bond acceptors (Lipinski definition) is 4. The zero-order chi connectivity index (χ0) is 15.0. The SMILES string of the molecule is CC(C)NC(=N)c1nc2c(s1)CCOc1cc(Br)ccc1-2. The van der Waals surface area contributed by atoms with Crippen LogP contribution < -0.4 is 10.1 Å². The monoisotopic (exact) mass is 365 g/mol. The summed E-state index contributed by atoms with van der Waals surface area (Å²) < 4.78 is 6.80. The van der Waals surface area contributed by atoms with Crippen molar-refractivity contribution in [2.45, 2.75) is 26.3 Å². The Morgan fingerprint density at radius 3 is 3.05 bits per heavy atom. The van der Waals surface area contributed by atoms with Gasteiger partial charge >= 0.3 is 0 Å². The van der Waals surface area contributed by atoms with E-state index in [1.165, 1.54) is 4.88 Å². The zero-order valence-corrected chi connectivity index (χ0v) is 14.3. The van der Waals surface area contributed by atoms with Crippen LogP contribution in [-0.4, -0.2) is 23.5 Å². The van der Waals surface area contributed by atoms with E-state index in [-0.39, 0.29) is 6.04 Å². The molecule has 110 valence electrons. The smallest absolute Gasteiger partial charge is 0.158 e. The summed E-state index contributed by atoms with van der Waals surface area (Å²) >= 11 is 5.05. The molecule has 1 aliphatic heterocycles. The summed E-state index contributed by atoms with van der Waals surface area (Å²) in [6, 6.07) is 6.22. The quantitative estimate of drug-likeness (QED) is 0.627. The lowest BCUT2D eigenvalue weighted by Gasteiger charge is -2.09. The van der Waals surface area contributed by atoms with Crippen LogP contribution in [0.4, 0.5) is 0 Å². The van der Waals surface area contributed by atoms with E-state index in [9.17, 15) is 0 Å². The van der Waals surface area contributed by atoms with Gasteiger partial charge in [-0.3, -0.25) is 5.41 Å². The maximum absolute atomic E-state index is 8.11. The molecule has 3 rings (SSSR count). The lowest BCUT2D eigenvalue weighted by molar-refractivity contribution is 0.327. The lowest BCUT2D eigenvalue weighted by Crippen LogP contribution is -2.30. The van der Waals surface area contributed by atoms with Gasteiger partial charge in [-0.15, -0.1) is 11.3 Å². The van der Waals surface area contributed by atoms with Crippen LogP contribution in [0, 0.1) is 5.41 Å². The minimum Gasteiger partial charge on any atom is -0.492 e. The average Bonchev–Trinajstić information content (AvgIpc) is 2.75. The molecule has 2 N–H and O–H groups in total. The zero-order valence-electron chi connectivity index (χ0n) is 11.9. The summed E-state index contributed by atoms with van der Waals surface area (Å²) in [5, 5.41) is 12.0. The molecule has 6 heteroatoms. The fraction of sp³-hybridized carbons (Fsp3) is 0.333. The second kappa shape index (κ2) is 5.77. The number of nitrogens with one attached hydrogen (secondary N) is 2. The van der Waals surface area contributed by atoms with Gasteiger partial charge in [-0.25, -0.2) is 4.98 Å². The number of halogens is 1. The Hall–Kier alpha value is -1.40. The van der Waals surface area contributed by atoms with Crippen LogP contribution in [0.15, 0.2) is 22.7 Å². The molecule has 4 nitrogen and oxygen atoms in total. The van der Waals surface area contributed by atoms with Crippen LogP contribution >= 0.6 is 27.3 Å². The highest BCUT2D eigenvalue weighted by Crippen LogP contribution is 2.38. The standard InChI is InChI=1S/C15H16BrN3OS/c1-8(2)18-14(17)15-19-13-10-4-3-9(16)7-11(10)20-6-5-12(13)21-15/h3-4,7-8H,5-6H2,1-2H3,(H2,17,18). The Labute approximate surface area is 136 Å². The molecular weight excluding hydrogens is 350 g/mol. The fourth-order valence-corrected chi connectivity index (χ4v) is 3.56. The normalized spacial score (nSPS) is 13.1. The Balaban J connectivity index is 2.03. The van der Waals surface area contributed by atoms with Gasteiger partial charge in [0.2, 0.25) is 0 Å². The topological polar surface area (TPSA) is 58.0 Å². The number of hydrogen-bond donors (Lipinski definition) is 2. The molecule has 0 amide bonds. The van der Waals surface area contributed by atoms with Crippen LogP contribution in [0.1, 0.15) is 23.7 Å². The van der Waals surface area contributed by atoms with E-state index in [1.807, 2.05) is 32.0 Å². The van der Waals surface area contributed by atoms with Crippen molar-refractivity contribution in [1.29, 1.82) is 5.41 Å². The fourth-order valence-electron chi connectivity index (χ4n) is 2.25. The molecule has 1 aromatic carbocycles. The first-order valence-electron chi connectivity index (χ1n) is 6.82. The predicted octanol–water partition coefficient (Wildman–Crippen LogP) is 3.83. The van der Waals surface area contributed by atoms with Gasteiger partial charge in [0.25, 0.3) is 0 Å². The van der Waals surface area contributed by atoms with E-state index in [0.29, 0.717) is 12.4 Å². The maximum atomic E-state index is 8.11. The Bertz CT molecular complexity index is 696. The van der Waals surface area contributed by atoms with Gasteiger partial charge in [-0.2, -0.15) is 0 Å². The molecule has 2 heterocycles. The van der Waals surface area contributed by atoms with Gasteiger partial charge in [0, 0.05) is 27.4 Å². The average molecular weight is 366 g/mol. The van der Waals surface area contributed by atoms with E-state index >= 15 is 0 Å². The molecule has 0 unspecified atom stereocenters. The minimum atomic E-state index is 0.229. The highest BCUT2D eigenvalue weighted by atomic mass is 79.9. The molecular formula is C15H16BrN3OS. The van der Waals surface area contributed by atoms with Gasteiger partial charge in [0.15, 0.2) is 10.8 Å². The van der Waals surface area contributed by atoms with Crippen molar-refractivity contribution in [2.75, 3.05) is 6.61 Å². The summed E-state index contributed by atoms with van der Waals surface area (Å²) in [6.07, 6.45) is 0.828. The van der Waals surface area contributed by atoms with Crippen molar-refractivity contribution >= 4 is 33.1 Å². The number of nitrogens with zero attached hydrogens (tertiary/aromatic N) is 1. The number of amidine groups is 1. The highest BCUT2D eigenvalue weighted by molar-refractivity contribution is 9.10. The van der Waals surface area contributed by atoms with Crippen LogP contribution in [-0.2, 0) is 6.42 Å². The van der Waals surface area contributed by atoms with Gasteiger partial charge < -0.3 is 10.1 Å². The largest absolute Gasteiger partial charge is 0.492 e. The van der Waals surface area contributed by atoms with Crippen molar-refractivity contribution in [1.82, 2.24) is 10.3 Å². The summed E-state index contributed by atoms with van der Waals surface area (Å²) in [5.74, 6) is 1.24. The molecule has 0 bridgehead atoms. The minimum absolute atomic E-state index is 0.229. The summed E-state index contributed by atoms with van der Waals surface area (Å²) in [5.41, 5.74) is 1.95. The third kappa shape index (κ3) is 2.96. The number of ether oxygens (including phenoxy) is 1. The third-order valence-corrected chi connectivity index (χ3v) is 4.76. The summed E-state index contributed by atoms with van der Waals surface area (Å²) in [6.45, 7) is 4.69. The van der Waals surface area contributed by atoms with E-state index in [0.717, 1.165) is 32.9 Å². The molecule has 0 atom stereocenters. The van der Waals surface area contributed by atoms with E-state index in [1.54, 1.807) is 11.3 Å². The molecule has 1 aromatic heterocycles. The second-order valence-electron chi connectivity index (χ2n) is 5.20. The maximum Gasteiger partial charge on any atom is 0.158 e. The van der Waals surface area contributed by atoms with Gasteiger partial charge in [-0.05, 0) is 32.0 Å². The Morgan fingerprint density at radius 2 is 2.29 bits per heavy atom. The van der Waals surface area contributed by atoms with Gasteiger partial charge in [0.05, 0.1) is 12.3 Å². The summed E-state index contributed by atoms with van der Waals surface area (Å²) in [4.78, 5) is 5.85. The van der Waals surface area contributed by atoms with Crippen LogP contribution in [0.3, 0.4) is 0 Å². The first-order valence-corrected chi connectivity index (χ1v) is 8.43. The van der Waals surface area contributed by atoms with E-state index in [4.69, 9.17) is 10.1 Å².